The van der Waals surface area contributed by atoms with E-state index >= 15 is 0 Å². The lowest BCUT2D eigenvalue weighted by Gasteiger charge is -2.13. The van der Waals surface area contributed by atoms with Crippen LogP contribution in [0.4, 0.5) is 0 Å². The van der Waals surface area contributed by atoms with E-state index in [-0.39, 0.29) is 0 Å². The Labute approximate surface area is 120 Å². The Balaban J connectivity index is 2.46. The molecule has 9 nitrogen and oxygen atoms in total. The fourth-order valence-corrected chi connectivity index (χ4v) is 3.21. The molecule has 2 aromatic heterocycles. The highest BCUT2D eigenvalue weighted by molar-refractivity contribution is 7.89. The van der Waals surface area contributed by atoms with Gasteiger partial charge in [0.25, 0.3) is 5.56 Å². The van der Waals surface area contributed by atoms with Gasteiger partial charge in [0.05, 0.1) is 6.20 Å². The first-order chi connectivity index (χ1) is 9.74. The molecule has 0 aliphatic heterocycles. The minimum Gasteiger partial charge on any atom is -0.302 e. The van der Waals surface area contributed by atoms with Crippen molar-refractivity contribution >= 4 is 10.0 Å². The van der Waals surface area contributed by atoms with E-state index in [0.717, 1.165) is 15.3 Å². The van der Waals surface area contributed by atoms with Crippen LogP contribution in [0.3, 0.4) is 0 Å². The first-order valence-electron chi connectivity index (χ1n) is 6.01. The minimum atomic E-state index is -4.06. The highest BCUT2D eigenvalue weighted by Gasteiger charge is 2.24. The molecule has 0 fully saturated rings. The second-order valence-corrected chi connectivity index (χ2v) is 6.31. The van der Waals surface area contributed by atoms with Crippen molar-refractivity contribution in [2.24, 2.45) is 14.1 Å². The molecule has 0 spiro atoms. The number of sulfonamides is 1. The number of aromatic amines is 1. The molecule has 0 aromatic carbocycles. The zero-order chi connectivity index (χ0) is 15.8. The number of hydrogen-bond acceptors (Lipinski definition) is 5. The first-order valence-corrected chi connectivity index (χ1v) is 7.50. The van der Waals surface area contributed by atoms with E-state index in [1.165, 1.54) is 20.3 Å². The van der Waals surface area contributed by atoms with Gasteiger partial charge in [0, 0.05) is 38.1 Å². The first kappa shape index (κ1) is 15.2. The van der Waals surface area contributed by atoms with E-state index in [1.54, 1.807) is 13.1 Å². The molecule has 1 atom stereocenters. The van der Waals surface area contributed by atoms with Crippen LogP contribution in [0.15, 0.2) is 33.1 Å². The molecule has 114 valence electrons. The summed E-state index contributed by atoms with van der Waals surface area (Å²) in [6.07, 6.45) is 4.03. The van der Waals surface area contributed by atoms with Crippen LogP contribution in [0.1, 0.15) is 18.5 Å². The van der Waals surface area contributed by atoms with Crippen molar-refractivity contribution in [1.82, 2.24) is 24.1 Å². The van der Waals surface area contributed by atoms with Crippen LogP contribution >= 0.6 is 0 Å². The fraction of sp³-hybridized carbons (Fsp3) is 0.364. The molecule has 10 heteroatoms. The largest absolute Gasteiger partial charge is 0.330 e. The minimum absolute atomic E-state index is 0.484. The summed E-state index contributed by atoms with van der Waals surface area (Å²) in [5.74, 6) is 0. The maximum Gasteiger partial charge on any atom is 0.330 e. The van der Waals surface area contributed by atoms with Gasteiger partial charge < -0.3 is 4.57 Å². The van der Waals surface area contributed by atoms with Gasteiger partial charge in [-0.2, -0.15) is 5.10 Å². The van der Waals surface area contributed by atoms with E-state index in [2.05, 4.69) is 14.9 Å². The van der Waals surface area contributed by atoms with Crippen LogP contribution in [0, 0.1) is 0 Å². The zero-order valence-corrected chi connectivity index (χ0v) is 12.5. The predicted molar refractivity (Wildman–Crippen MR) is 74.2 cm³/mol. The van der Waals surface area contributed by atoms with Gasteiger partial charge >= 0.3 is 5.69 Å². The lowest BCUT2D eigenvalue weighted by atomic mass is 10.2. The number of rotatable bonds is 4. The number of aryl methyl sites for hydroxylation is 1. The highest BCUT2D eigenvalue weighted by atomic mass is 32.2. The summed E-state index contributed by atoms with van der Waals surface area (Å²) in [6.45, 7) is 1.62. The predicted octanol–water partition coefficient (Wildman–Crippen LogP) is -1.15. The monoisotopic (exact) mass is 313 g/mol. The maximum absolute atomic E-state index is 12.3. The van der Waals surface area contributed by atoms with Crippen molar-refractivity contribution in [1.29, 1.82) is 0 Å². The molecule has 0 aliphatic rings. The number of nitrogens with one attached hydrogen (secondary N) is 2. The Bertz CT molecular complexity index is 863. The lowest BCUT2D eigenvalue weighted by molar-refractivity contribution is 0.557. The lowest BCUT2D eigenvalue weighted by Crippen LogP contribution is -2.41. The molecule has 0 radical (unpaired) electrons. The molecule has 2 rings (SSSR count). The van der Waals surface area contributed by atoms with Crippen molar-refractivity contribution in [2.45, 2.75) is 17.9 Å². The molecular formula is C11H15N5O4S. The third-order valence-corrected chi connectivity index (χ3v) is 4.58. The highest BCUT2D eigenvalue weighted by Crippen LogP contribution is 2.13. The topological polar surface area (TPSA) is 119 Å². The van der Waals surface area contributed by atoms with Crippen molar-refractivity contribution in [3.05, 3.63) is 45.0 Å². The molecular weight excluding hydrogens is 298 g/mol. The van der Waals surface area contributed by atoms with Gasteiger partial charge in [-0.15, -0.1) is 0 Å². The number of nitrogens with zero attached hydrogens (tertiary/aromatic N) is 3. The average Bonchev–Trinajstić information content (AvgIpc) is 2.94. The number of aromatic nitrogens is 4. The Morgan fingerprint density at radius 2 is 2.00 bits per heavy atom. The normalized spacial score (nSPS) is 13.3. The Morgan fingerprint density at radius 1 is 1.33 bits per heavy atom. The molecule has 0 saturated heterocycles. The Hall–Kier alpha value is -2.20. The molecule has 21 heavy (non-hydrogen) atoms. The third-order valence-electron chi connectivity index (χ3n) is 3.06. The molecule has 1 unspecified atom stereocenters. The van der Waals surface area contributed by atoms with Crippen molar-refractivity contribution < 1.29 is 8.42 Å². The molecule has 2 N–H and O–H groups in total. The van der Waals surface area contributed by atoms with Crippen LogP contribution in [0.5, 0.6) is 0 Å². The smallest absolute Gasteiger partial charge is 0.302 e. The van der Waals surface area contributed by atoms with Crippen molar-refractivity contribution in [3.63, 3.8) is 0 Å². The van der Waals surface area contributed by atoms with Gasteiger partial charge in [-0.1, -0.05) is 0 Å². The molecule has 2 heterocycles. The van der Waals surface area contributed by atoms with Crippen LogP contribution in [0.25, 0.3) is 0 Å². The van der Waals surface area contributed by atoms with Gasteiger partial charge in [0.15, 0.2) is 4.90 Å². The van der Waals surface area contributed by atoms with Crippen LogP contribution in [-0.2, 0) is 24.1 Å². The summed E-state index contributed by atoms with van der Waals surface area (Å²) in [6, 6.07) is -0.573. The van der Waals surface area contributed by atoms with E-state index in [0.29, 0.717) is 5.56 Å². The van der Waals surface area contributed by atoms with Gasteiger partial charge in [-0.3, -0.25) is 14.5 Å². The van der Waals surface area contributed by atoms with Crippen molar-refractivity contribution in [2.75, 3.05) is 0 Å². The SMILES string of the molecule is CC(NS(=O)(=O)c1cn(C)c(=O)n(C)c1=O)c1cn[nH]c1. The van der Waals surface area contributed by atoms with E-state index in [4.69, 9.17) is 0 Å². The van der Waals surface area contributed by atoms with Crippen molar-refractivity contribution in [3.8, 4) is 0 Å². The van der Waals surface area contributed by atoms with Gasteiger partial charge in [-0.05, 0) is 6.92 Å². The summed E-state index contributed by atoms with van der Waals surface area (Å²) in [5, 5.41) is 6.31. The summed E-state index contributed by atoms with van der Waals surface area (Å²) in [7, 11) is -1.46. The second kappa shape index (κ2) is 5.30. The van der Waals surface area contributed by atoms with E-state index in [9.17, 15) is 18.0 Å². The standard InChI is InChI=1S/C11H15N5O4S/c1-7(8-4-12-13-5-8)14-21(19,20)9-6-15(2)11(18)16(3)10(9)17/h4-7,14H,1-3H3,(H,12,13). The maximum atomic E-state index is 12.3. The average molecular weight is 313 g/mol. The molecule has 0 saturated carbocycles. The van der Waals surface area contributed by atoms with Gasteiger partial charge in [0.2, 0.25) is 10.0 Å². The molecule has 0 bridgehead atoms. The molecule has 0 aliphatic carbocycles. The van der Waals surface area contributed by atoms with Crippen LogP contribution in [0.2, 0.25) is 0 Å². The number of H-pyrrole nitrogens is 1. The quantitative estimate of drug-likeness (QED) is 0.738. The molecule has 2 aromatic rings. The Kier molecular flexibility index (Phi) is 3.83. The molecule has 0 amide bonds. The fourth-order valence-electron chi connectivity index (χ4n) is 1.82. The number of hydrogen-bond donors (Lipinski definition) is 2. The second-order valence-electron chi connectivity index (χ2n) is 4.63. The summed E-state index contributed by atoms with van der Waals surface area (Å²) in [5.41, 5.74) is -0.841. The third kappa shape index (κ3) is 2.81. The van der Waals surface area contributed by atoms with E-state index < -0.39 is 32.2 Å². The summed E-state index contributed by atoms with van der Waals surface area (Å²) in [4.78, 5) is 23.1. The summed E-state index contributed by atoms with van der Waals surface area (Å²) >= 11 is 0. The summed E-state index contributed by atoms with van der Waals surface area (Å²) < 4.78 is 28.8. The van der Waals surface area contributed by atoms with Gasteiger partial charge in [0.1, 0.15) is 0 Å². The van der Waals surface area contributed by atoms with Gasteiger partial charge in [-0.25, -0.2) is 17.9 Å². The zero-order valence-electron chi connectivity index (χ0n) is 11.7. The van der Waals surface area contributed by atoms with Crippen LogP contribution < -0.4 is 16.0 Å². The Morgan fingerprint density at radius 3 is 2.57 bits per heavy atom. The van der Waals surface area contributed by atoms with E-state index in [1.807, 2.05) is 0 Å². The van der Waals surface area contributed by atoms with Crippen LogP contribution in [-0.4, -0.2) is 27.7 Å².